The molecule has 2 unspecified atom stereocenters. The number of aromatic nitrogens is 1. The van der Waals surface area contributed by atoms with Gasteiger partial charge in [-0.25, -0.2) is 0 Å². The van der Waals surface area contributed by atoms with Crippen LogP contribution in [-0.4, -0.2) is 10.9 Å². The van der Waals surface area contributed by atoms with Gasteiger partial charge in [0.1, 0.15) is 0 Å². The number of rotatable bonds is 2. The van der Waals surface area contributed by atoms with Crippen molar-refractivity contribution >= 4 is 17.2 Å². The zero-order valence-corrected chi connectivity index (χ0v) is 9.98. The van der Waals surface area contributed by atoms with Crippen molar-refractivity contribution in [1.29, 1.82) is 0 Å². The van der Waals surface area contributed by atoms with E-state index in [1.165, 1.54) is 4.88 Å². The molecule has 4 heteroatoms. The van der Waals surface area contributed by atoms with Gasteiger partial charge in [0.2, 0.25) is 5.91 Å². The van der Waals surface area contributed by atoms with Gasteiger partial charge in [0, 0.05) is 23.4 Å². The summed E-state index contributed by atoms with van der Waals surface area (Å²) in [6, 6.07) is 10.2. The van der Waals surface area contributed by atoms with Crippen molar-refractivity contribution in [1.82, 2.24) is 10.3 Å². The Hall–Kier alpha value is -1.68. The maximum absolute atomic E-state index is 11.6. The van der Waals surface area contributed by atoms with Crippen molar-refractivity contribution in [2.45, 2.75) is 18.4 Å². The van der Waals surface area contributed by atoms with E-state index in [9.17, 15) is 4.79 Å². The summed E-state index contributed by atoms with van der Waals surface area (Å²) in [6.45, 7) is 0. The molecule has 3 rings (SSSR count). The largest absolute Gasteiger partial charge is 0.349 e. The van der Waals surface area contributed by atoms with Crippen molar-refractivity contribution in [2.24, 2.45) is 0 Å². The molecule has 2 aromatic rings. The standard InChI is InChI=1S/C13H12N2OS/c16-12-6-10(11-7-14-8-17-11)13(15-12)9-4-2-1-3-5-9/h1-5,7-8,10,13H,6H2,(H,15,16). The number of thiazole rings is 1. The Kier molecular flexibility index (Phi) is 2.65. The molecule has 2 heterocycles. The van der Waals surface area contributed by atoms with Crippen LogP contribution in [0.15, 0.2) is 42.0 Å². The summed E-state index contributed by atoms with van der Waals surface area (Å²) >= 11 is 1.62. The second kappa shape index (κ2) is 4.30. The first-order valence-corrected chi connectivity index (χ1v) is 6.45. The first-order valence-electron chi connectivity index (χ1n) is 5.57. The molecule has 0 aliphatic carbocycles. The average molecular weight is 244 g/mol. The highest BCUT2D eigenvalue weighted by atomic mass is 32.1. The van der Waals surface area contributed by atoms with Crippen LogP contribution in [0.5, 0.6) is 0 Å². The summed E-state index contributed by atoms with van der Waals surface area (Å²) in [5, 5.41) is 3.05. The van der Waals surface area contributed by atoms with Crippen LogP contribution >= 0.6 is 11.3 Å². The van der Waals surface area contributed by atoms with Crippen molar-refractivity contribution in [3.63, 3.8) is 0 Å². The number of carbonyl (C=O) groups excluding carboxylic acids is 1. The molecule has 1 fully saturated rings. The highest BCUT2D eigenvalue weighted by molar-refractivity contribution is 7.09. The second-order valence-electron chi connectivity index (χ2n) is 4.17. The summed E-state index contributed by atoms with van der Waals surface area (Å²) in [5.41, 5.74) is 2.98. The number of benzene rings is 1. The molecule has 1 saturated heterocycles. The van der Waals surface area contributed by atoms with Crippen LogP contribution in [0.3, 0.4) is 0 Å². The van der Waals surface area contributed by atoms with E-state index in [2.05, 4.69) is 22.4 Å². The summed E-state index contributed by atoms with van der Waals surface area (Å²) in [6.07, 6.45) is 2.42. The number of hydrogen-bond acceptors (Lipinski definition) is 3. The van der Waals surface area contributed by atoms with E-state index >= 15 is 0 Å². The van der Waals surface area contributed by atoms with Crippen LogP contribution < -0.4 is 5.32 Å². The number of amides is 1. The van der Waals surface area contributed by atoms with Crippen LogP contribution in [0, 0.1) is 0 Å². The van der Waals surface area contributed by atoms with Crippen LogP contribution in [0.1, 0.15) is 28.8 Å². The monoisotopic (exact) mass is 244 g/mol. The van der Waals surface area contributed by atoms with Crippen molar-refractivity contribution < 1.29 is 4.79 Å². The molecule has 86 valence electrons. The molecule has 1 aliphatic heterocycles. The lowest BCUT2D eigenvalue weighted by Crippen LogP contribution is -2.19. The molecular weight excluding hydrogens is 232 g/mol. The molecule has 1 aliphatic rings. The third-order valence-corrected chi connectivity index (χ3v) is 4.01. The Balaban J connectivity index is 1.95. The molecular formula is C13H12N2OS. The first-order chi connectivity index (χ1) is 8.34. The predicted molar refractivity (Wildman–Crippen MR) is 66.8 cm³/mol. The number of nitrogens with one attached hydrogen (secondary N) is 1. The van der Waals surface area contributed by atoms with Crippen LogP contribution in [0.4, 0.5) is 0 Å². The molecule has 0 saturated carbocycles. The van der Waals surface area contributed by atoms with Gasteiger partial charge in [0.05, 0.1) is 11.6 Å². The Morgan fingerprint density at radius 2 is 2.12 bits per heavy atom. The van der Waals surface area contributed by atoms with Crippen LogP contribution in [0.2, 0.25) is 0 Å². The highest BCUT2D eigenvalue weighted by Crippen LogP contribution is 2.39. The molecule has 1 N–H and O–H groups in total. The minimum Gasteiger partial charge on any atom is -0.349 e. The molecule has 0 radical (unpaired) electrons. The van der Waals surface area contributed by atoms with Crippen molar-refractivity contribution in [2.75, 3.05) is 0 Å². The van der Waals surface area contributed by atoms with E-state index in [0.717, 1.165) is 5.56 Å². The minimum atomic E-state index is 0.0872. The van der Waals surface area contributed by atoms with Gasteiger partial charge in [0.15, 0.2) is 0 Å². The quantitative estimate of drug-likeness (QED) is 0.881. The normalized spacial score (nSPS) is 23.6. The summed E-state index contributed by atoms with van der Waals surface area (Å²) < 4.78 is 0. The van der Waals surface area contributed by atoms with Crippen molar-refractivity contribution in [3.8, 4) is 0 Å². The Labute approximate surface area is 104 Å². The smallest absolute Gasteiger partial charge is 0.221 e. The van der Waals surface area contributed by atoms with E-state index in [0.29, 0.717) is 6.42 Å². The fourth-order valence-corrected chi connectivity index (χ4v) is 3.06. The lowest BCUT2D eigenvalue weighted by molar-refractivity contribution is -0.119. The van der Waals surface area contributed by atoms with E-state index < -0.39 is 0 Å². The van der Waals surface area contributed by atoms with Crippen LogP contribution in [-0.2, 0) is 4.79 Å². The van der Waals surface area contributed by atoms with Gasteiger partial charge >= 0.3 is 0 Å². The molecule has 17 heavy (non-hydrogen) atoms. The molecule has 1 aromatic heterocycles. The first kappa shape index (κ1) is 10.5. The molecule has 2 atom stereocenters. The summed E-state index contributed by atoms with van der Waals surface area (Å²) in [7, 11) is 0. The SMILES string of the molecule is O=C1CC(c2cncs2)C(c2ccccc2)N1. The lowest BCUT2D eigenvalue weighted by Gasteiger charge is -2.17. The topological polar surface area (TPSA) is 42.0 Å². The summed E-state index contributed by atoms with van der Waals surface area (Å²) in [4.78, 5) is 16.9. The maximum Gasteiger partial charge on any atom is 0.221 e. The van der Waals surface area contributed by atoms with E-state index in [1.54, 1.807) is 11.3 Å². The van der Waals surface area contributed by atoms with E-state index in [-0.39, 0.29) is 17.9 Å². The van der Waals surface area contributed by atoms with Gasteiger partial charge in [0.25, 0.3) is 0 Å². The number of nitrogens with zero attached hydrogens (tertiary/aromatic N) is 1. The van der Waals surface area contributed by atoms with Crippen molar-refractivity contribution in [3.05, 3.63) is 52.5 Å². The molecule has 1 amide bonds. The predicted octanol–water partition coefficient (Wildman–Crippen LogP) is 2.49. The zero-order valence-electron chi connectivity index (χ0n) is 9.17. The fourth-order valence-electron chi connectivity index (χ4n) is 2.30. The highest BCUT2D eigenvalue weighted by Gasteiger charge is 2.35. The van der Waals surface area contributed by atoms with Gasteiger partial charge < -0.3 is 5.32 Å². The average Bonchev–Trinajstić information content (AvgIpc) is 2.98. The molecule has 1 aromatic carbocycles. The zero-order chi connectivity index (χ0) is 11.7. The van der Waals surface area contributed by atoms with Gasteiger partial charge in [-0.3, -0.25) is 9.78 Å². The van der Waals surface area contributed by atoms with Gasteiger partial charge in [-0.15, -0.1) is 11.3 Å². The van der Waals surface area contributed by atoms with E-state index in [4.69, 9.17) is 0 Å². The van der Waals surface area contributed by atoms with Gasteiger partial charge in [-0.05, 0) is 5.56 Å². The van der Waals surface area contributed by atoms with E-state index in [1.807, 2.05) is 29.9 Å². The molecule has 0 spiro atoms. The Bertz CT molecular complexity index is 509. The maximum atomic E-state index is 11.6. The summed E-state index contributed by atoms with van der Waals surface area (Å²) in [5.74, 6) is 0.342. The fraction of sp³-hybridized carbons (Fsp3) is 0.231. The minimum absolute atomic E-state index is 0.0872. The lowest BCUT2D eigenvalue weighted by atomic mass is 9.93. The van der Waals surface area contributed by atoms with Gasteiger partial charge in [-0.1, -0.05) is 30.3 Å². The second-order valence-corrected chi connectivity index (χ2v) is 5.09. The Morgan fingerprint density at radius 1 is 1.29 bits per heavy atom. The molecule has 0 bridgehead atoms. The third kappa shape index (κ3) is 1.96. The van der Waals surface area contributed by atoms with Crippen LogP contribution in [0.25, 0.3) is 0 Å². The van der Waals surface area contributed by atoms with Gasteiger partial charge in [-0.2, -0.15) is 0 Å². The Morgan fingerprint density at radius 3 is 2.82 bits per heavy atom. The number of hydrogen-bond donors (Lipinski definition) is 1. The number of carbonyl (C=O) groups is 1. The third-order valence-electron chi connectivity index (χ3n) is 3.10. The molecule has 3 nitrogen and oxygen atoms in total.